The summed E-state index contributed by atoms with van der Waals surface area (Å²) in [6.07, 6.45) is 8.16. The van der Waals surface area contributed by atoms with Crippen molar-refractivity contribution in [2.75, 3.05) is 33.4 Å². The number of aliphatic imine (C=N–C) groups is 1. The molecule has 1 aromatic heterocycles. The summed E-state index contributed by atoms with van der Waals surface area (Å²) in [4.78, 5) is 6.74. The van der Waals surface area contributed by atoms with Gasteiger partial charge in [0.25, 0.3) is 0 Å². The number of aryl methyl sites for hydroxylation is 1. The van der Waals surface area contributed by atoms with Gasteiger partial charge in [-0.2, -0.15) is 5.10 Å². The molecule has 1 N–H and O–H groups in total. The summed E-state index contributed by atoms with van der Waals surface area (Å²) in [5.41, 5.74) is 1.15. The van der Waals surface area contributed by atoms with Crippen molar-refractivity contribution in [3.8, 4) is 0 Å². The van der Waals surface area contributed by atoms with Gasteiger partial charge in [0.15, 0.2) is 5.96 Å². The number of nitrogens with one attached hydrogen (secondary N) is 1. The van der Waals surface area contributed by atoms with Gasteiger partial charge in [-0.15, -0.1) is 24.0 Å². The van der Waals surface area contributed by atoms with Crippen molar-refractivity contribution in [2.24, 2.45) is 12.0 Å². The average Bonchev–Trinajstić information content (AvgIpc) is 3.07. The van der Waals surface area contributed by atoms with Crippen molar-refractivity contribution in [2.45, 2.75) is 50.9 Å². The number of ether oxygens (including phenoxy) is 2. The van der Waals surface area contributed by atoms with Gasteiger partial charge >= 0.3 is 0 Å². The van der Waals surface area contributed by atoms with Crippen molar-refractivity contribution in [1.82, 2.24) is 20.0 Å². The normalized spacial score (nSPS) is 22.2. The second kappa shape index (κ2) is 11.1. The highest BCUT2D eigenvalue weighted by atomic mass is 127. The van der Waals surface area contributed by atoms with Crippen molar-refractivity contribution in [3.05, 3.63) is 18.0 Å². The van der Waals surface area contributed by atoms with Gasteiger partial charge in [0.1, 0.15) is 0 Å². The first kappa shape index (κ1) is 21.4. The molecule has 2 aliphatic heterocycles. The minimum Gasteiger partial charge on any atom is -0.376 e. The largest absolute Gasteiger partial charge is 0.376 e. The molecule has 2 fully saturated rings. The van der Waals surface area contributed by atoms with E-state index < -0.39 is 0 Å². The molecule has 0 bridgehead atoms. The first-order valence-electron chi connectivity index (χ1n) is 9.42. The standard InChI is InChI=1S/C18H31N5O2.HI/c1-19-18(20-13-15-6-9-21-22(15)2)23-10-7-16(8-11-23)25-14-17-5-3-4-12-24-17;/h6,9,16-17H,3-5,7-8,10-14H2,1-2H3,(H,19,20);1H. The number of piperidine rings is 1. The van der Waals surface area contributed by atoms with E-state index >= 15 is 0 Å². The highest BCUT2D eigenvalue weighted by Gasteiger charge is 2.23. The van der Waals surface area contributed by atoms with Gasteiger partial charge in [-0.05, 0) is 38.2 Å². The van der Waals surface area contributed by atoms with Gasteiger partial charge in [0, 0.05) is 40.0 Å². The Morgan fingerprint density at radius 3 is 2.77 bits per heavy atom. The van der Waals surface area contributed by atoms with Crippen molar-refractivity contribution >= 4 is 29.9 Å². The SMILES string of the molecule is CN=C(NCc1ccnn1C)N1CCC(OCC2CCCCO2)CC1.I. The molecule has 8 heteroatoms. The zero-order valence-electron chi connectivity index (χ0n) is 15.9. The zero-order chi connectivity index (χ0) is 17.5. The number of hydrogen-bond donors (Lipinski definition) is 1. The number of aromatic nitrogens is 2. The third-order valence-electron chi connectivity index (χ3n) is 5.10. The molecule has 0 radical (unpaired) electrons. The van der Waals surface area contributed by atoms with Crippen LogP contribution in [0.25, 0.3) is 0 Å². The van der Waals surface area contributed by atoms with E-state index in [0.29, 0.717) is 12.2 Å². The van der Waals surface area contributed by atoms with Crippen LogP contribution in [0.5, 0.6) is 0 Å². The molecule has 0 aromatic carbocycles. The molecule has 26 heavy (non-hydrogen) atoms. The van der Waals surface area contributed by atoms with E-state index in [0.717, 1.165) is 63.8 Å². The molecule has 1 atom stereocenters. The highest BCUT2D eigenvalue weighted by Crippen LogP contribution is 2.18. The lowest BCUT2D eigenvalue weighted by Gasteiger charge is -2.35. The maximum Gasteiger partial charge on any atom is 0.193 e. The average molecular weight is 477 g/mol. The molecular formula is C18H32IN5O2. The molecule has 3 heterocycles. The number of guanidine groups is 1. The van der Waals surface area contributed by atoms with Crippen LogP contribution in [0.15, 0.2) is 17.3 Å². The minimum atomic E-state index is 0. The van der Waals surface area contributed by atoms with Crippen LogP contribution >= 0.6 is 24.0 Å². The Balaban J connectivity index is 0.00000243. The second-order valence-corrected chi connectivity index (χ2v) is 6.86. The fourth-order valence-electron chi connectivity index (χ4n) is 3.49. The Labute approximate surface area is 173 Å². The molecule has 1 unspecified atom stereocenters. The predicted octanol–water partition coefficient (Wildman–Crippen LogP) is 2.16. The van der Waals surface area contributed by atoms with Crippen molar-refractivity contribution < 1.29 is 9.47 Å². The Morgan fingerprint density at radius 2 is 2.15 bits per heavy atom. The van der Waals surface area contributed by atoms with E-state index in [-0.39, 0.29) is 24.0 Å². The summed E-state index contributed by atoms with van der Waals surface area (Å²) >= 11 is 0. The molecule has 0 amide bonds. The lowest BCUT2D eigenvalue weighted by molar-refractivity contribution is -0.0721. The summed E-state index contributed by atoms with van der Waals surface area (Å²) in [6, 6.07) is 2.02. The minimum absolute atomic E-state index is 0. The molecule has 2 aliphatic rings. The zero-order valence-corrected chi connectivity index (χ0v) is 18.2. The maximum absolute atomic E-state index is 6.10. The number of rotatable bonds is 5. The smallest absolute Gasteiger partial charge is 0.193 e. The summed E-state index contributed by atoms with van der Waals surface area (Å²) in [5.74, 6) is 0.954. The Morgan fingerprint density at radius 1 is 1.35 bits per heavy atom. The van der Waals surface area contributed by atoms with E-state index in [1.54, 1.807) is 0 Å². The molecular weight excluding hydrogens is 445 g/mol. The van der Waals surface area contributed by atoms with Crippen LogP contribution in [-0.4, -0.2) is 66.2 Å². The third kappa shape index (κ3) is 6.09. The molecule has 1 aromatic rings. The second-order valence-electron chi connectivity index (χ2n) is 6.86. The highest BCUT2D eigenvalue weighted by molar-refractivity contribution is 14.0. The summed E-state index contributed by atoms with van der Waals surface area (Å²) in [6.45, 7) is 4.32. The molecule has 2 saturated heterocycles. The van der Waals surface area contributed by atoms with Gasteiger partial charge < -0.3 is 19.7 Å². The summed E-state index contributed by atoms with van der Waals surface area (Å²) < 4.78 is 13.7. The van der Waals surface area contributed by atoms with Crippen molar-refractivity contribution in [1.29, 1.82) is 0 Å². The van der Waals surface area contributed by atoms with Crippen LogP contribution in [-0.2, 0) is 23.1 Å². The van der Waals surface area contributed by atoms with Crippen LogP contribution in [0, 0.1) is 0 Å². The first-order chi connectivity index (χ1) is 12.3. The molecule has 3 rings (SSSR count). The topological polar surface area (TPSA) is 63.9 Å². The van der Waals surface area contributed by atoms with Gasteiger partial charge in [0.2, 0.25) is 0 Å². The van der Waals surface area contributed by atoms with Crippen LogP contribution < -0.4 is 5.32 Å². The number of halogens is 1. The molecule has 148 valence electrons. The van der Waals surface area contributed by atoms with Gasteiger partial charge in [-0.25, -0.2) is 0 Å². The quantitative estimate of drug-likeness (QED) is 0.400. The lowest BCUT2D eigenvalue weighted by Crippen LogP contribution is -2.47. The molecule has 0 spiro atoms. The molecule has 0 saturated carbocycles. The van der Waals surface area contributed by atoms with E-state index in [9.17, 15) is 0 Å². The summed E-state index contributed by atoms with van der Waals surface area (Å²) in [5, 5.41) is 7.63. The van der Waals surface area contributed by atoms with Crippen LogP contribution in [0.3, 0.4) is 0 Å². The Kier molecular flexibility index (Phi) is 9.13. The van der Waals surface area contributed by atoms with Crippen molar-refractivity contribution in [3.63, 3.8) is 0 Å². The lowest BCUT2D eigenvalue weighted by atomic mass is 10.1. The molecule has 0 aliphatic carbocycles. The third-order valence-corrected chi connectivity index (χ3v) is 5.10. The fraction of sp³-hybridized carbons (Fsp3) is 0.778. The van der Waals surface area contributed by atoms with E-state index in [1.807, 2.05) is 31.0 Å². The Bertz CT molecular complexity index is 552. The predicted molar refractivity (Wildman–Crippen MR) is 113 cm³/mol. The van der Waals surface area contributed by atoms with Gasteiger partial charge in [0.05, 0.1) is 31.1 Å². The monoisotopic (exact) mass is 477 g/mol. The van der Waals surface area contributed by atoms with Gasteiger partial charge in [-0.1, -0.05) is 0 Å². The van der Waals surface area contributed by atoms with Crippen LogP contribution in [0.4, 0.5) is 0 Å². The maximum atomic E-state index is 6.10. The first-order valence-corrected chi connectivity index (χ1v) is 9.42. The molecule has 7 nitrogen and oxygen atoms in total. The number of hydrogen-bond acceptors (Lipinski definition) is 4. The van der Waals surface area contributed by atoms with E-state index in [1.165, 1.54) is 12.8 Å². The fourth-order valence-corrected chi connectivity index (χ4v) is 3.49. The Hall–Kier alpha value is -0.870. The van der Waals surface area contributed by atoms with Crippen LogP contribution in [0.1, 0.15) is 37.8 Å². The van der Waals surface area contributed by atoms with E-state index in [4.69, 9.17) is 9.47 Å². The number of likely N-dealkylation sites (tertiary alicyclic amines) is 1. The van der Waals surface area contributed by atoms with E-state index in [2.05, 4.69) is 20.3 Å². The van der Waals surface area contributed by atoms with Crippen LogP contribution in [0.2, 0.25) is 0 Å². The summed E-state index contributed by atoms with van der Waals surface area (Å²) in [7, 11) is 3.80. The number of nitrogens with zero attached hydrogens (tertiary/aromatic N) is 4. The van der Waals surface area contributed by atoms with Gasteiger partial charge in [-0.3, -0.25) is 9.67 Å².